The van der Waals surface area contributed by atoms with Crippen LogP contribution in [0.2, 0.25) is 0 Å². The van der Waals surface area contributed by atoms with Gasteiger partial charge in [0.1, 0.15) is 12.4 Å². The van der Waals surface area contributed by atoms with Gasteiger partial charge in [-0.05, 0) is 31.2 Å². The summed E-state index contributed by atoms with van der Waals surface area (Å²) in [7, 11) is -2.99. The molecule has 4 nitrogen and oxygen atoms in total. The highest BCUT2D eigenvalue weighted by Gasteiger charge is 2.07. The molecule has 1 rings (SSSR count). The van der Waals surface area contributed by atoms with Crippen molar-refractivity contribution in [1.29, 1.82) is 0 Å². The van der Waals surface area contributed by atoms with Crippen molar-refractivity contribution in [1.82, 2.24) is 0 Å². The Bertz CT molecular complexity index is 474. The van der Waals surface area contributed by atoms with Crippen LogP contribution in [0.4, 0.5) is 0 Å². The van der Waals surface area contributed by atoms with E-state index in [0.29, 0.717) is 11.3 Å². The van der Waals surface area contributed by atoms with Gasteiger partial charge >= 0.3 is 0 Å². The minimum absolute atomic E-state index is 0.00916. The molecule has 0 aliphatic rings. The van der Waals surface area contributed by atoms with Gasteiger partial charge < -0.3 is 4.74 Å². The smallest absolute Gasteiger partial charge is 0.159 e. The first-order chi connectivity index (χ1) is 7.94. The van der Waals surface area contributed by atoms with Crippen LogP contribution in [0.15, 0.2) is 24.3 Å². The largest absolute Gasteiger partial charge is 0.493 e. The van der Waals surface area contributed by atoms with Gasteiger partial charge in [-0.2, -0.15) is 0 Å². The molecule has 0 unspecified atom stereocenters. The van der Waals surface area contributed by atoms with Gasteiger partial charge in [0.15, 0.2) is 15.6 Å². The fraction of sp³-hybridized carbons (Fsp3) is 0.417. The van der Waals surface area contributed by atoms with E-state index in [-0.39, 0.29) is 23.9 Å². The van der Waals surface area contributed by atoms with Gasteiger partial charge in [-0.25, -0.2) is 8.42 Å². The van der Waals surface area contributed by atoms with Gasteiger partial charge in [-0.15, -0.1) is 0 Å². The second-order valence-electron chi connectivity index (χ2n) is 3.67. The standard InChI is InChI=1S/C12H16O4S/c1-3-17(14,15)9-8-16-12-6-4-11(5-7-12)10(2)13/h4-7H,3,8-9H2,1-2H3. The van der Waals surface area contributed by atoms with E-state index in [2.05, 4.69) is 0 Å². The number of benzene rings is 1. The number of hydrogen-bond donors (Lipinski definition) is 0. The number of ether oxygens (including phenoxy) is 1. The Morgan fingerprint density at radius 3 is 2.29 bits per heavy atom. The van der Waals surface area contributed by atoms with Crippen LogP contribution in [0.1, 0.15) is 24.2 Å². The molecule has 1 aromatic carbocycles. The van der Waals surface area contributed by atoms with Crippen molar-refractivity contribution >= 4 is 15.6 Å². The summed E-state index contributed by atoms with van der Waals surface area (Å²) in [5.41, 5.74) is 0.610. The molecule has 0 radical (unpaired) electrons. The molecule has 0 saturated heterocycles. The van der Waals surface area contributed by atoms with E-state index in [4.69, 9.17) is 4.74 Å². The minimum atomic E-state index is -2.99. The van der Waals surface area contributed by atoms with E-state index in [9.17, 15) is 13.2 Å². The molecular weight excluding hydrogens is 240 g/mol. The van der Waals surface area contributed by atoms with E-state index < -0.39 is 9.84 Å². The Morgan fingerprint density at radius 2 is 1.82 bits per heavy atom. The molecule has 0 N–H and O–H groups in total. The fourth-order valence-electron chi connectivity index (χ4n) is 1.22. The Morgan fingerprint density at radius 1 is 1.24 bits per heavy atom. The van der Waals surface area contributed by atoms with Crippen molar-refractivity contribution in [3.8, 4) is 5.75 Å². The molecule has 5 heteroatoms. The maximum absolute atomic E-state index is 11.2. The zero-order chi connectivity index (χ0) is 12.9. The van der Waals surface area contributed by atoms with E-state index in [0.717, 1.165) is 0 Å². The number of Topliss-reactive ketones (excluding diaryl/α,β-unsaturated/α-hetero) is 1. The molecular formula is C12H16O4S. The molecule has 17 heavy (non-hydrogen) atoms. The number of rotatable bonds is 6. The van der Waals surface area contributed by atoms with Crippen LogP contribution in [0.5, 0.6) is 5.75 Å². The van der Waals surface area contributed by atoms with Crippen molar-refractivity contribution in [3.63, 3.8) is 0 Å². The number of sulfone groups is 1. The average molecular weight is 256 g/mol. The lowest BCUT2D eigenvalue weighted by molar-refractivity contribution is 0.101. The summed E-state index contributed by atoms with van der Waals surface area (Å²) in [4.78, 5) is 11.0. The maximum Gasteiger partial charge on any atom is 0.159 e. The van der Waals surface area contributed by atoms with Gasteiger partial charge in [0.2, 0.25) is 0 Å². The molecule has 0 heterocycles. The molecule has 0 aliphatic heterocycles. The molecule has 0 fully saturated rings. The molecule has 94 valence electrons. The Balaban J connectivity index is 2.51. The monoisotopic (exact) mass is 256 g/mol. The molecule has 0 spiro atoms. The predicted octanol–water partition coefficient (Wildman–Crippen LogP) is 1.70. The van der Waals surface area contributed by atoms with Crippen LogP contribution >= 0.6 is 0 Å². The summed E-state index contributed by atoms with van der Waals surface area (Å²) in [6.45, 7) is 3.23. The number of carbonyl (C=O) groups excluding carboxylic acids is 1. The molecule has 1 aromatic rings. The lowest BCUT2D eigenvalue weighted by Crippen LogP contribution is -2.15. The topological polar surface area (TPSA) is 60.4 Å². The molecule has 0 saturated carbocycles. The van der Waals surface area contributed by atoms with Crippen molar-refractivity contribution in [2.24, 2.45) is 0 Å². The summed E-state index contributed by atoms with van der Waals surface area (Å²) in [6, 6.07) is 6.64. The average Bonchev–Trinajstić information content (AvgIpc) is 2.29. The van der Waals surface area contributed by atoms with Gasteiger partial charge in [0.05, 0.1) is 5.75 Å². The molecule has 0 bridgehead atoms. The van der Waals surface area contributed by atoms with E-state index >= 15 is 0 Å². The molecule has 0 aromatic heterocycles. The summed E-state index contributed by atoms with van der Waals surface area (Å²) in [5.74, 6) is 0.698. The van der Waals surface area contributed by atoms with Crippen molar-refractivity contribution in [2.45, 2.75) is 13.8 Å². The quantitative estimate of drug-likeness (QED) is 0.727. The second-order valence-corrected chi connectivity index (χ2v) is 6.14. The van der Waals surface area contributed by atoms with Crippen molar-refractivity contribution < 1.29 is 17.9 Å². The zero-order valence-electron chi connectivity index (χ0n) is 9.97. The van der Waals surface area contributed by atoms with Gasteiger partial charge in [-0.1, -0.05) is 6.92 Å². The minimum Gasteiger partial charge on any atom is -0.493 e. The SMILES string of the molecule is CCS(=O)(=O)CCOc1ccc(C(C)=O)cc1. The zero-order valence-corrected chi connectivity index (χ0v) is 10.8. The summed E-state index contributed by atoms with van der Waals surface area (Å²) in [6.07, 6.45) is 0. The second kappa shape index (κ2) is 5.82. The lowest BCUT2D eigenvalue weighted by Gasteiger charge is -2.06. The van der Waals surface area contributed by atoms with Gasteiger partial charge in [0.25, 0.3) is 0 Å². The Kier molecular flexibility index (Phi) is 4.69. The van der Waals surface area contributed by atoms with Crippen LogP contribution in [0.25, 0.3) is 0 Å². The van der Waals surface area contributed by atoms with Crippen molar-refractivity contribution in [2.75, 3.05) is 18.1 Å². The third-order valence-corrected chi connectivity index (χ3v) is 4.03. The summed E-state index contributed by atoms with van der Waals surface area (Å²) < 4.78 is 27.7. The highest BCUT2D eigenvalue weighted by Crippen LogP contribution is 2.12. The molecule has 0 amide bonds. The Hall–Kier alpha value is -1.36. The summed E-state index contributed by atoms with van der Waals surface area (Å²) >= 11 is 0. The van der Waals surface area contributed by atoms with E-state index in [1.165, 1.54) is 6.92 Å². The van der Waals surface area contributed by atoms with Crippen LogP contribution in [-0.4, -0.2) is 32.3 Å². The third-order valence-electron chi connectivity index (χ3n) is 2.36. The van der Waals surface area contributed by atoms with Gasteiger partial charge in [0, 0.05) is 11.3 Å². The number of ketones is 1. The van der Waals surface area contributed by atoms with E-state index in [1.54, 1.807) is 31.2 Å². The maximum atomic E-state index is 11.2. The van der Waals surface area contributed by atoms with Crippen LogP contribution in [0, 0.1) is 0 Å². The summed E-state index contributed by atoms with van der Waals surface area (Å²) in [5, 5.41) is 0. The molecule has 0 atom stereocenters. The van der Waals surface area contributed by atoms with Crippen molar-refractivity contribution in [3.05, 3.63) is 29.8 Å². The van der Waals surface area contributed by atoms with Crippen LogP contribution in [0.3, 0.4) is 0 Å². The van der Waals surface area contributed by atoms with Gasteiger partial charge in [-0.3, -0.25) is 4.79 Å². The normalized spacial score (nSPS) is 11.2. The predicted molar refractivity (Wildman–Crippen MR) is 66.3 cm³/mol. The van der Waals surface area contributed by atoms with E-state index in [1.807, 2.05) is 0 Å². The van der Waals surface area contributed by atoms with Crippen LogP contribution < -0.4 is 4.74 Å². The highest BCUT2D eigenvalue weighted by molar-refractivity contribution is 7.91. The first-order valence-electron chi connectivity index (χ1n) is 5.39. The Labute approximate surface area is 102 Å². The molecule has 0 aliphatic carbocycles. The highest BCUT2D eigenvalue weighted by atomic mass is 32.2. The lowest BCUT2D eigenvalue weighted by atomic mass is 10.1. The number of hydrogen-bond acceptors (Lipinski definition) is 4. The number of carbonyl (C=O) groups is 1. The van der Waals surface area contributed by atoms with Crippen LogP contribution in [-0.2, 0) is 9.84 Å². The third kappa shape index (κ3) is 4.56. The first-order valence-corrected chi connectivity index (χ1v) is 7.21. The fourth-order valence-corrected chi connectivity index (χ4v) is 1.84. The first kappa shape index (κ1) is 13.7.